The number of rotatable bonds is 4. The molecule has 0 bridgehead atoms. The molecule has 0 aliphatic rings. The smallest absolute Gasteiger partial charge is 0.184 e. The van der Waals surface area contributed by atoms with Crippen molar-refractivity contribution in [2.75, 3.05) is 0 Å². The summed E-state index contributed by atoms with van der Waals surface area (Å²) in [6.07, 6.45) is 0. The van der Waals surface area contributed by atoms with Gasteiger partial charge < -0.3 is 0 Å². The minimum absolute atomic E-state index is 0.148. The third-order valence-electron chi connectivity index (χ3n) is 3.39. The number of ketones is 1. The first kappa shape index (κ1) is 14.0. The molecule has 0 aliphatic carbocycles. The molecule has 0 aliphatic heterocycles. The van der Waals surface area contributed by atoms with Gasteiger partial charge in [-0.15, -0.1) is 0 Å². The summed E-state index contributed by atoms with van der Waals surface area (Å²) in [5.41, 5.74) is 2.54. The fraction of sp³-hybridized carbons (Fsp3) is 0.222. The largest absolute Gasteiger partial charge is 0.292 e. The van der Waals surface area contributed by atoms with E-state index in [4.69, 9.17) is 0 Å². The molecule has 0 aromatic heterocycles. The van der Waals surface area contributed by atoms with Crippen LogP contribution in [0.4, 0.5) is 0 Å². The van der Waals surface area contributed by atoms with E-state index in [0.717, 1.165) is 5.56 Å². The van der Waals surface area contributed by atoms with Gasteiger partial charge >= 0.3 is 0 Å². The Kier molecular flexibility index (Phi) is 4.32. The van der Waals surface area contributed by atoms with Gasteiger partial charge in [0, 0.05) is 5.56 Å². The van der Waals surface area contributed by atoms with Gasteiger partial charge in [-0.1, -0.05) is 68.4 Å². The van der Waals surface area contributed by atoms with Crippen molar-refractivity contribution in [1.29, 1.82) is 5.26 Å². The Balaban J connectivity index is 2.29. The maximum atomic E-state index is 12.4. The van der Waals surface area contributed by atoms with Crippen molar-refractivity contribution in [3.05, 3.63) is 71.3 Å². The molecular formula is C18H17NO. The van der Waals surface area contributed by atoms with Crippen LogP contribution < -0.4 is 0 Å². The highest BCUT2D eigenvalue weighted by Gasteiger charge is 2.21. The molecule has 2 nitrogen and oxygen atoms in total. The van der Waals surface area contributed by atoms with Crippen LogP contribution in [0.25, 0.3) is 0 Å². The van der Waals surface area contributed by atoms with Crippen LogP contribution in [0.3, 0.4) is 0 Å². The standard InChI is InChI=1S/C18H17NO/c1-13(2)14-8-10-15(11-9-14)17(12-19)18(20)16-6-4-3-5-7-16/h3-11,13,17H,1-2H3. The maximum Gasteiger partial charge on any atom is 0.184 e. The Morgan fingerprint density at radius 3 is 2.00 bits per heavy atom. The number of hydrogen-bond donors (Lipinski definition) is 0. The zero-order valence-electron chi connectivity index (χ0n) is 11.7. The first-order valence-corrected chi connectivity index (χ1v) is 6.72. The van der Waals surface area contributed by atoms with Crippen molar-refractivity contribution in [1.82, 2.24) is 0 Å². The lowest BCUT2D eigenvalue weighted by Gasteiger charge is -2.11. The summed E-state index contributed by atoms with van der Waals surface area (Å²) in [5.74, 6) is -0.446. The molecule has 0 radical (unpaired) electrons. The third-order valence-corrected chi connectivity index (χ3v) is 3.39. The van der Waals surface area contributed by atoms with Gasteiger partial charge in [-0.05, 0) is 17.0 Å². The van der Waals surface area contributed by atoms with E-state index < -0.39 is 5.92 Å². The number of carbonyl (C=O) groups excluding carboxylic acids is 1. The molecule has 0 heterocycles. The number of carbonyl (C=O) groups is 1. The van der Waals surface area contributed by atoms with Crippen LogP contribution in [-0.2, 0) is 0 Å². The molecule has 1 unspecified atom stereocenters. The first-order valence-electron chi connectivity index (χ1n) is 6.72. The molecule has 1 atom stereocenters. The SMILES string of the molecule is CC(C)c1ccc(C(C#N)C(=O)c2ccccc2)cc1. The molecule has 0 fully saturated rings. The summed E-state index contributed by atoms with van der Waals surface area (Å²) in [6, 6.07) is 18.8. The van der Waals surface area contributed by atoms with E-state index in [1.165, 1.54) is 5.56 Å². The quantitative estimate of drug-likeness (QED) is 0.772. The lowest BCUT2D eigenvalue weighted by Crippen LogP contribution is -2.11. The fourth-order valence-corrected chi connectivity index (χ4v) is 2.13. The van der Waals surface area contributed by atoms with Crippen molar-refractivity contribution in [3.8, 4) is 6.07 Å². The molecule has 2 aromatic rings. The molecule has 0 amide bonds. The van der Waals surface area contributed by atoms with E-state index in [1.54, 1.807) is 12.1 Å². The second-order valence-electron chi connectivity index (χ2n) is 5.11. The van der Waals surface area contributed by atoms with Crippen molar-refractivity contribution < 1.29 is 4.79 Å². The Bertz CT molecular complexity index is 621. The average Bonchev–Trinajstić information content (AvgIpc) is 2.49. The predicted molar refractivity (Wildman–Crippen MR) is 79.7 cm³/mol. The highest BCUT2D eigenvalue weighted by molar-refractivity contribution is 6.02. The summed E-state index contributed by atoms with van der Waals surface area (Å²) >= 11 is 0. The van der Waals surface area contributed by atoms with Crippen LogP contribution in [0, 0.1) is 11.3 Å². The fourth-order valence-electron chi connectivity index (χ4n) is 2.13. The van der Waals surface area contributed by atoms with Gasteiger partial charge in [-0.3, -0.25) is 4.79 Å². The normalized spacial score (nSPS) is 11.9. The van der Waals surface area contributed by atoms with Crippen molar-refractivity contribution in [2.24, 2.45) is 0 Å². The van der Waals surface area contributed by atoms with Gasteiger partial charge in [0.2, 0.25) is 0 Å². The lowest BCUT2D eigenvalue weighted by molar-refractivity contribution is 0.0979. The molecule has 2 rings (SSSR count). The zero-order chi connectivity index (χ0) is 14.5. The predicted octanol–water partition coefficient (Wildman–Crippen LogP) is 4.30. The van der Waals surface area contributed by atoms with Gasteiger partial charge in [0.1, 0.15) is 5.92 Å². The molecule has 2 heteroatoms. The summed E-state index contributed by atoms with van der Waals surface area (Å²) in [6.45, 7) is 4.23. The Morgan fingerprint density at radius 2 is 1.50 bits per heavy atom. The van der Waals surface area contributed by atoms with Gasteiger partial charge in [-0.2, -0.15) is 5.26 Å². The second-order valence-corrected chi connectivity index (χ2v) is 5.11. The molecular weight excluding hydrogens is 246 g/mol. The number of nitrogens with zero attached hydrogens (tertiary/aromatic N) is 1. The topological polar surface area (TPSA) is 40.9 Å². The summed E-state index contributed by atoms with van der Waals surface area (Å²) in [5, 5.41) is 9.32. The van der Waals surface area contributed by atoms with Crippen LogP contribution >= 0.6 is 0 Å². The van der Waals surface area contributed by atoms with E-state index >= 15 is 0 Å². The van der Waals surface area contributed by atoms with Crippen LogP contribution in [0.5, 0.6) is 0 Å². The van der Waals surface area contributed by atoms with E-state index in [0.29, 0.717) is 11.5 Å². The van der Waals surface area contributed by atoms with E-state index in [-0.39, 0.29) is 5.78 Å². The third kappa shape index (κ3) is 2.95. The summed E-state index contributed by atoms with van der Waals surface area (Å²) in [4.78, 5) is 12.4. The van der Waals surface area contributed by atoms with Crippen LogP contribution in [0.2, 0.25) is 0 Å². The Labute approximate surface area is 119 Å². The molecule has 0 spiro atoms. The Hall–Kier alpha value is -2.40. The molecule has 20 heavy (non-hydrogen) atoms. The van der Waals surface area contributed by atoms with Crippen molar-refractivity contribution >= 4 is 5.78 Å². The monoisotopic (exact) mass is 263 g/mol. The summed E-state index contributed by atoms with van der Waals surface area (Å²) in [7, 11) is 0. The van der Waals surface area contributed by atoms with E-state index in [1.807, 2.05) is 42.5 Å². The maximum absolute atomic E-state index is 12.4. The first-order chi connectivity index (χ1) is 9.63. The average molecular weight is 263 g/mol. The zero-order valence-corrected chi connectivity index (χ0v) is 11.7. The van der Waals surface area contributed by atoms with Gasteiger partial charge in [0.25, 0.3) is 0 Å². The number of nitriles is 1. The van der Waals surface area contributed by atoms with Gasteiger partial charge in [0.15, 0.2) is 5.78 Å². The molecule has 100 valence electrons. The minimum atomic E-state index is -0.737. The number of hydrogen-bond acceptors (Lipinski definition) is 2. The highest BCUT2D eigenvalue weighted by Crippen LogP contribution is 2.23. The minimum Gasteiger partial charge on any atom is -0.292 e. The van der Waals surface area contributed by atoms with Crippen LogP contribution in [-0.4, -0.2) is 5.78 Å². The van der Waals surface area contributed by atoms with Crippen molar-refractivity contribution in [2.45, 2.75) is 25.7 Å². The molecule has 0 N–H and O–H groups in total. The number of Topliss-reactive ketones (excluding diaryl/α,β-unsaturated/α-hetero) is 1. The van der Waals surface area contributed by atoms with Gasteiger partial charge in [-0.25, -0.2) is 0 Å². The second kappa shape index (κ2) is 6.16. The van der Waals surface area contributed by atoms with E-state index in [9.17, 15) is 10.1 Å². The van der Waals surface area contributed by atoms with Crippen LogP contribution in [0.1, 0.15) is 47.2 Å². The van der Waals surface area contributed by atoms with Crippen LogP contribution in [0.15, 0.2) is 54.6 Å². The van der Waals surface area contributed by atoms with E-state index in [2.05, 4.69) is 19.9 Å². The highest BCUT2D eigenvalue weighted by atomic mass is 16.1. The Morgan fingerprint density at radius 1 is 0.950 bits per heavy atom. The lowest BCUT2D eigenvalue weighted by atomic mass is 9.90. The summed E-state index contributed by atoms with van der Waals surface area (Å²) < 4.78 is 0. The number of benzene rings is 2. The molecule has 0 saturated carbocycles. The van der Waals surface area contributed by atoms with Gasteiger partial charge in [0.05, 0.1) is 6.07 Å². The van der Waals surface area contributed by atoms with Crippen molar-refractivity contribution in [3.63, 3.8) is 0 Å². The molecule has 0 saturated heterocycles. The molecule has 2 aromatic carbocycles.